The average Bonchev–Trinajstić information content (AvgIpc) is 3.43. The molecule has 0 aliphatic heterocycles. The first-order valence-electron chi connectivity index (χ1n) is 13.3. The highest BCUT2D eigenvalue weighted by Gasteiger charge is 2.22. The Morgan fingerprint density at radius 1 is 0.825 bits per heavy atom. The minimum atomic E-state index is -0.245. The van der Waals surface area contributed by atoms with Crippen LogP contribution in [0.2, 0.25) is 0 Å². The van der Waals surface area contributed by atoms with E-state index in [1.54, 1.807) is 7.11 Å². The zero-order valence-electron chi connectivity index (χ0n) is 22.8. The van der Waals surface area contributed by atoms with E-state index in [4.69, 9.17) is 4.74 Å². The van der Waals surface area contributed by atoms with Gasteiger partial charge in [-0.1, -0.05) is 104 Å². The van der Waals surface area contributed by atoms with E-state index >= 15 is 0 Å². The molecule has 0 spiro atoms. The summed E-state index contributed by atoms with van der Waals surface area (Å²) >= 11 is 1.38. The summed E-state index contributed by atoms with van der Waals surface area (Å²) in [5, 5.41) is 13.0. The number of para-hydroxylation sites is 1. The summed E-state index contributed by atoms with van der Waals surface area (Å²) < 4.78 is 7.40. The van der Waals surface area contributed by atoms with Gasteiger partial charge >= 0.3 is 0 Å². The van der Waals surface area contributed by atoms with Crippen molar-refractivity contribution in [1.82, 2.24) is 20.1 Å². The van der Waals surface area contributed by atoms with E-state index in [0.717, 1.165) is 28.1 Å². The fourth-order valence-electron chi connectivity index (χ4n) is 4.67. The standard InChI is InChI=1S/C33H32N4O2S/c1-23(2)28-16-10-11-17-29(28)37-32(26-18-20-27(39-3)21-19-26)35-36-33(37)40-22-30(38)34-31(24-12-6-4-7-13-24)25-14-8-5-9-15-25/h4-21,23,31H,22H2,1-3H3,(H,34,38). The van der Waals surface area contributed by atoms with Crippen LogP contribution in [0.15, 0.2) is 114 Å². The van der Waals surface area contributed by atoms with Crippen molar-refractivity contribution < 1.29 is 9.53 Å². The Bertz CT molecular complexity index is 1510. The lowest BCUT2D eigenvalue weighted by Crippen LogP contribution is -2.30. The average molecular weight is 549 g/mol. The van der Waals surface area contributed by atoms with E-state index in [1.807, 2.05) is 97.1 Å². The molecular weight excluding hydrogens is 516 g/mol. The van der Waals surface area contributed by atoms with Gasteiger partial charge in [0.15, 0.2) is 11.0 Å². The summed E-state index contributed by atoms with van der Waals surface area (Å²) in [6.45, 7) is 4.34. The van der Waals surface area contributed by atoms with E-state index in [1.165, 1.54) is 17.3 Å². The molecule has 0 unspecified atom stereocenters. The van der Waals surface area contributed by atoms with E-state index in [0.29, 0.717) is 16.9 Å². The predicted octanol–water partition coefficient (Wildman–Crippen LogP) is 7.06. The molecule has 1 amide bonds. The molecule has 0 saturated carbocycles. The number of carbonyl (C=O) groups excluding carboxylic acids is 1. The minimum absolute atomic E-state index is 0.0830. The first kappa shape index (κ1) is 27.2. The summed E-state index contributed by atoms with van der Waals surface area (Å²) in [4.78, 5) is 13.3. The number of nitrogens with zero attached hydrogens (tertiary/aromatic N) is 3. The second kappa shape index (κ2) is 12.7. The Balaban J connectivity index is 1.45. The van der Waals surface area contributed by atoms with Gasteiger partial charge in [0.2, 0.25) is 5.91 Å². The van der Waals surface area contributed by atoms with E-state index in [-0.39, 0.29) is 17.7 Å². The van der Waals surface area contributed by atoms with Gasteiger partial charge in [-0.25, -0.2) is 0 Å². The van der Waals surface area contributed by atoms with Crippen LogP contribution in [0.25, 0.3) is 17.1 Å². The van der Waals surface area contributed by atoms with Crippen LogP contribution in [0.5, 0.6) is 5.75 Å². The number of methoxy groups -OCH3 is 1. The van der Waals surface area contributed by atoms with Crippen LogP contribution in [-0.4, -0.2) is 33.5 Å². The maximum atomic E-state index is 13.3. The lowest BCUT2D eigenvalue weighted by molar-refractivity contribution is -0.119. The van der Waals surface area contributed by atoms with Crippen molar-refractivity contribution >= 4 is 17.7 Å². The number of hydrogen-bond acceptors (Lipinski definition) is 5. The van der Waals surface area contributed by atoms with Gasteiger partial charge in [-0.2, -0.15) is 0 Å². The molecule has 0 bridgehead atoms. The fraction of sp³-hybridized carbons (Fsp3) is 0.182. The number of rotatable bonds is 10. The molecule has 0 saturated heterocycles. The molecule has 0 aliphatic rings. The van der Waals surface area contributed by atoms with Crippen LogP contribution in [0.1, 0.15) is 42.5 Å². The molecule has 7 heteroatoms. The number of amides is 1. The maximum absolute atomic E-state index is 13.3. The largest absolute Gasteiger partial charge is 0.497 e. The summed E-state index contributed by atoms with van der Waals surface area (Å²) in [5.74, 6) is 1.89. The second-order valence-electron chi connectivity index (χ2n) is 9.69. The Hall–Kier alpha value is -4.36. The van der Waals surface area contributed by atoms with Crippen molar-refractivity contribution in [2.45, 2.75) is 31.0 Å². The van der Waals surface area contributed by atoms with Gasteiger partial charge < -0.3 is 10.1 Å². The molecule has 1 N–H and O–H groups in total. The van der Waals surface area contributed by atoms with Crippen molar-refractivity contribution in [2.24, 2.45) is 0 Å². The summed E-state index contributed by atoms with van der Waals surface area (Å²) in [5.41, 5.74) is 5.15. The lowest BCUT2D eigenvalue weighted by atomic mass is 9.99. The van der Waals surface area contributed by atoms with Gasteiger partial charge in [-0.15, -0.1) is 10.2 Å². The molecule has 4 aromatic carbocycles. The van der Waals surface area contributed by atoms with Crippen molar-refractivity contribution in [3.63, 3.8) is 0 Å². The van der Waals surface area contributed by atoms with Gasteiger partial charge in [-0.05, 0) is 52.9 Å². The number of thioether (sulfide) groups is 1. The van der Waals surface area contributed by atoms with Crippen LogP contribution >= 0.6 is 11.8 Å². The van der Waals surface area contributed by atoms with Gasteiger partial charge in [0.25, 0.3) is 0 Å². The topological polar surface area (TPSA) is 69.0 Å². The molecule has 6 nitrogen and oxygen atoms in total. The van der Waals surface area contributed by atoms with E-state index < -0.39 is 0 Å². The van der Waals surface area contributed by atoms with Crippen LogP contribution in [-0.2, 0) is 4.79 Å². The molecule has 0 aliphatic carbocycles. The third-order valence-electron chi connectivity index (χ3n) is 6.68. The monoisotopic (exact) mass is 548 g/mol. The number of carbonyl (C=O) groups is 1. The molecule has 202 valence electrons. The smallest absolute Gasteiger partial charge is 0.231 e. The Kier molecular flexibility index (Phi) is 8.62. The number of benzene rings is 4. The summed E-state index contributed by atoms with van der Waals surface area (Å²) in [6, 6.07) is 35.8. The lowest BCUT2D eigenvalue weighted by Gasteiger charge is -2.20. The zero-order chi connectivity index (χ0) is 27.9. The molecule has 40 heavy (non-hydrogen) atoms. The molecular formula is C33H32N4O2S. The predicted molar refractivity (Wildman–Crippen MR) is 161 cm³/mol. The summed E-state index contributed by atoms with van der Waals surface area (Å²) in [7, 11) is 1.65. The number of nitrogens with one attached hydrogen (secondary N) is 1. The van der Waals surface area contributed by atoms with Gasteiger partial charge in [0.05, 0.1) is 24.6 Å². The molecule has 1 aromatic heterocycles. The van der Waals surface area contributed by atoms with Gasteiger partial charge in [-0.3, -0.25) is 9.36 Å². The Labute approximate surface area is 239 Å². The van der Waals surface area contributed by atoms with Crippen molar-refractivity contribution in [3.8, 4) is 22.8 Å². The normalized spacial score (nSPS) is 11.1. The molecule has 5 rings (SSSR count). The highest BCUT2D eigenvalue weighted by molar-refractivity contribution is 7.99. The van der Waals surface area contributed by atoms with Crippen LogP contribution in [0.3, 0.4) is 0 Å². The second-order valence-corrected chi connectivity index (χ2v) is 10.6. The molecule has 0 radical (unpaired) electrons. The first-order valence-corrected chi connectivity index (χ1v) is 14.2. The van der Waals surface area contributed by atoms with Crippen molar-refractivity contribution in [2.75, 3.05) is 12.9 Å². The molecule has 5 aromatic rings. The molecule has 1 heterocycles. The Morgan fingerprint density at radius 2 is 1.43 bits per heavy atom. The highest BCUT2D eigenvalue weighted by Crippen LogP contribution is 2.33. The molecule has 0 atom stereocenters. The summed E-state index contributed by atoms with van der Waals surface area (Å²) in [6.07, 6.45) is 0. The minimum Gasteiger partial charge on any atom is -0.497 e. The van der Waals surface area contributed by atoms with Crippen LogP contribution < -0.4 is 10.1 Å². The van der Waals surface area contributed by atoms with Crippen molar-refractivity contribution in [3.05, 3.63) is 126 Å². The van der Waals surface area contributed by atoms with Crippen molar-refractivity contribution in [1.29, 1.82) is 0 Å². The van der Waals surface area contributed by atoms with Crippen LogP contribution in [0.4, 0.5) is 0 Å². The zero-order valence-corrected chi connectivity index (χ0v) is 23.6. The van der Waals surface area contributed by atoms with E-state index in [9.17, 15) is 4.79 Å². The number of hydrogen-bond donors (Lipinski definition) is 1. The highest BCUT2D eigenvalue weighted by atomic mass is 32.2. The Morgan fingerprint density at radius 3 is 2.02 bits per heavy atom. The number of ether oxygens (including phenoxy) is 1. The third kappa shape index (κ3) is 6.10. The molecule has 0 fully saturated rings. The fourth-order valence-corrected chi connectivity index (χ4v) is 5.43. The quantitative estimate of drug-likeness (QED) is 0.189. The first-order chi connectivity index (χ1) is 19.5. The third-order valence-corrected chi connectivity index (χ3v) is 7.61. The van der Waals surface area contributed by atoms with E-state index in [2.05, 4.69) is 46.1 Å². The maximum Gasteiger partial charge on any atom is 0.231 e. The van der Waals surface area contributed by atoms with Gasteiger partial charge in [0.1, 0.15) is 5.75 Å². The van der Waals surface area contributed by atoms with Crippen LogP contribution in [0, 0.1) is 0 Å². The van der Waals surface area contributed by atoms with Gasteiger partial charge in [0, 0.05) is 5.56 Å². The number of aromatic nitrogens is 3. The SMILES string of the molecule is COc1ccc(-c2nnc(SCC(=O)NC(c3ccccc3)c3ccccc3)n2-c2ccccc2C(C)C)cc1.